The van der Waals surface area contributed by atoms with E-state index in [1.54, 1.807) is 11.0 Å². The summed E-state index contributed by atoms with van der Waals surface area (Å²) in [5.41, 5.74) is 0.0927. The lowest BCUT2D eigenvalue weighted by Gasteiger charge is -2.25. The van der Waals surface area contributed by atoms with E-state index in [1.165, 1.54) is 26.4 Å². The normalized spacial score (nSPS) is 22.4. The Kier molecular flexibility index (Phi) is 5.01. The number of hydrogen-bond acceptors (Lipinski definition) is 6. The molecule has 2 heterocycles. The Balaban J connectivity index is 1.78. The zero-order chi connectivity index (χ0) is 18.7. The maximum absolute atomic E-state index is 12.9. The number of nitrogens with zero attached hydrogens (tertiary/aromatic N) is 1. The van der Waals surface area contributed by atoms with Crippen molar-refractivity contribution >= 4 is 18.0 Å². The van der Waals surface area contributed by atoms with Gasteiger partial charge < -0.3 is 24.4 Å². The minimum absolute atomic E-state index is 0.191. The number of likely N-dealkylation sites (tertiary alicyclic amines) is 1. The monoisotopic (exact) mass is 362 g/mol. The van der Waals surface area contributed by atoms with Gasteiger partial charge in [0.1, 0.15) is 11.4 Å². The Hall–Kier alpha value is -2.77. The molecule has 2 saturated heterocycles. The van der Waals surface area contributed by atoms with Crippen LogP contribution in [0.1, 0.15) is 40.0 Å². The van der Waals surface area contributed by atoms with Gasteiger partial charge in [-0.05, 0) is 31.0 Å². The van der Waals surface area contributed by atoms with Crippen molar-refractivity contribution in [3.63, 3.8) is 0 Å². The predicted octanol–water partition coefficient (Wildman–Crippen LogP) is 1.59. The number of ether oxygens (including phenoxy) is 3. The van der Waals surface area contributed by atoms with E-state index in [1.807, 2.05) is 0 Å². The molecule has 2 aliphatic heterocycles. The van der Waals surface area contributed by atoms with Gasteiger partial charge in [0.25, 0.3) is 5.91 Å². The maximum atomic E-state index is 12.9. The second-order valence-electron chi connectivity index (χ2n) is 6.51. The van der Waals surface area contributed by atoms with Crippen molar-refractivity contribution in [3.8, 4) is 5.75 Å². The third kappa shape index (κ3) is 3.58. The largest absolute Gasteiger partial charge is 0.497 e. The van der Waals surface area contributed by atoms with Crippen LogP contribution < -0.4 is 10.1 Å². The van der Waals surface area contributed by atoms with Crippen LogP contribution in [0, 0.1) is 0 Å². The van der Waals surface area contributed by atoms with Gasteiger partial charge in [0.05, 0.1) is 26.3 Å². The number of carbonyl (C=O) groups is 3. The van der Waals surface area contributed by atoms with Crippen LogP contribution in [0.15, 0.2) is 18.2 Å². The number of methoxy groups -OCH3 is 2. The van der Waals surface area contributed by atoms with Crippen molar-refractivity contribution in [1.29, 1.82) is 0 Å². The average Bonchev–Trinajstić information content (AvgIpc) is 2.90. The molecule has 0 bridgehead atoms. The van der Waals surface area contributed by atoms with Gasteiger partial charge in [0.15, 0.2) is 0 Å². The highest BCUT2D eigenvalue weighted by Gasteiger charge is 2.41. The average molecular weight is 362 g/mol. The van der Waals surface area contributed by atoms with Crippen LogP contribution in [-0.2, 0) is 9.47 Å². The number of alkyl carbamates (subject to hydrolysis) is 1. The molecule has 140 valence electrons. The number of esters is 1. The summed E-state index contributed by atoms with van der Waals surface area (Å²) in [6.45, 7) is 1.50. The van der Waals surface area contributed by atoms with E-state index in [0.29, 0.717) is 43.8 Å². The first kappa shape index (κ1) is 18.0. The molecule has 0 unspecified atom stereocenters. The predicted molar refractivity (Wildman–Crippen MR) is 91.3 cm³/mol. The molecule has 0 aliphatic carbocycles. The molecule has 8 heteroatoms. The smallest absolute Gasteiger partial charge is 0.407 e. The SMILES string of the molecule is COC(=O)c1cc(OC)cc(C(=O)N2CCC[C@]3(CC2)CNC(=O)O3)c1. The molecule has 1 aromatic carbocycles. The van der Waals surface area contributed by atoms with E-state index in [-0.39, 0.29) is 11.5 Å². The summed E-state index contributed by atoms with van der Waals surface area (Å²) in [4.78, 5) is 37.9. The zero-order valence-corrected chi connectivity index (χ0v) is 14.9. The van der Waals surface area contributed by atoms with Crippen molar-refractivity contribution in [2.75, 3.05) is 33.9 Å². The van der Waals surface area contributed by atoms with E-state index >= 15 is 0 Å². The van der Waals surface area contributed by atoms with Crippen LogP contribution in [-0.4, -0.2) is 62.3 Å². The van der Waals surface area contributed by atoms with Gasteiger partial charge in [-0.2, -0.15) is 0 Å². The van der Waals surface area contributed by atoms with Gasteiger partial charge >= 0.3 is 12.1 Å². The molecule has 3 rings (SSSR count). The lowest BCUT2D eigenvalue weighted by molar-refractivity contribution is 0.0438. The highest BCUT2D eigenvalue weighted by molar-refractivity contribution is 5.98. The van der Waals surface area contributed by atoms with E-state index in [4.69, 9.17) is 14.2 Å². The Morgan fingerprint density at radius 3 is 2.58 bits per heavy atom. The minimum atomic E-state index is -0.531. The molecule has 8 nitrogen and oxygen atoms in total. The van der Waals surface area contributed by atoms with Crippen LogP contribution in [0.5, 0.6) is 5.75 Å². The van der Waals surface area contributed by atoms with Crippen LogP contribution in [0.2, 0.25) is 0 Å². The number of rotatable bonds is 3. The molecule has 26 heavy (non-hydrogen) atoms. The summed E-state index contributed by atoms with van der Waals surface area (Å²) in [6.07, 6.45) is 1.61. The van der Waals surface area contributed by atoms with Gasteiger partial charge in [-0.1, -0.05) is 0 Å². The molecular weight excluding hydrogens is 340 g/mol. The first-order valence-electron chi connectivity index (χ1n) is 8.50. The molecule has 0 aromatic heterocycles. The lowest BCUT2D eigenvalue weighted by Crippen LogP contribution is -2.36. The molecule has 1 N–H and O–H groups in total. The molecule has 2 amide bonds. The van der Waals surface area contributed by atoms with Crippen LogP contribution >= 0.6 is 0 Å². The second-order valence-corrected chi connectivity index (χ2v) is 6.51. The fraction of sp³-hybridized carbons (Fsp3) is 0.500. The first-order valence-corrected chi connectivity index (χ1v) is 8.50. The number of benzene rings is 1. The highest BCUT2D eigenvalue weighted by atomic mass is 16.6. The van der Waals surface area contributed by atoms with E-state index < -0.39 is 17.7 Å². The number of hydrogen-bond donors (Lipinski definition) is 1. The summed E-state index contributed by atoms with van der Waals surface area (Å²) in [7, 11) is 2.76. The number of nitrogens with one attached hydrogen (secondary N) is 1. The molecule has 1 aromatic rings. The third-order valence-electron chi connectivity index (χ3n) is 4.86. The van der Waals surface area contributed by atoms with Crippen LogP contribution in [0.4, 0.5) is 4.79 Å². The standard InChI is InChI=1S/C18H22N2O6/c1-24-14-9-12(8-13(10-14)16(22)25-2)15(21)20-6-3-4-18(5-7-20)11-19-17(23)26-18/h8-10H,3-7,11H2,1-2H3,(H,19,23)/t18-/m0/s1. The Labute approximate surface area is 151 Å². The number of carbonyl (C=O) groups excluding carboxylic acids is 3. The van der Waals surface area contributed by atoms with Gasteiger partial charge in [-0.25, -0.2) is 9.59 Å². The van der Waals surface area contributed by atoms with Crippen molar-refractivity contribution in [2.45, 2.75) is 24.9 Å². The van der Waals surface area contributed by atoms with Crippen LogP contribution in [0.25, 0.3) is 0 Å². The zero-order valence-electron chi connectivity index (χ0n) is 14.9. The summed E-state index contributed by atoms with van der Waals surface area (Å²) in [5.74, 6) is -0.309. The topological polar surface area (TPSA) is 94.2 Å². The molecule has 2 fully saturated rings. The Morgan fingerprint density at radius 1 is 1.15 bits per heavy atom. The fourth-order valence-electron chi connectivity index (χ4n) is 3.41. The van der Waals surface area contributed by atoms with Gasteiger partial charge in [0.2, 0.25) is 0 Å². The molecule has 0 saturated carbocycles. The lowest BCUT2D eigenvalue weighted by atomic mass is 9.95. The van der Waals surface area contributed by atoms with E-state index in [2.05, 4.69) is 5.32 Å². The van der Waals surface area contributed by atoms with Gasteiger partial charge in [0, 0.05) is 25.1 Å². The summed E-state index contributed by atoms with van der Waals surface area (Å²) in [6, 6.07) is 4.64. The molecule has 1 atom stereocenters. The minimum Gasteiger partial charge on any atom is -0.497 e. The molecular formula is C18H22N2O6. The Bertz CT molecular complexity index is 734. The summed E-state index contributed by atoms with van der Waals surface area (Å²) in [5, 5.41) is 2.69. The van der Waals surface area contributed by atoms with Crippen molar-refractivity contribution in [2.24, 2.45) is 0 Å². The van der Waals surface area contributed by atoms with E-state index in [0.717, 1.165) is 6.42 Å². The molecule has 2 aliphatic rings. The van der Waals surface area contributed by atoms with Crippen molar-refractivity contribution < 1.29 is 28.6 Å². The van der Waals surface area contributed by atoms with Crippen LogP contribution in [0.3, 0.4) is 0 Å². The second kappa shape index (κ2) is 7.23. The van der Waals surface area contributed by atoms with E-state index in [9.17, 15) is 14.4 Å². The quantitative estimate of drug-likeness (QED) is 0.821. The van der Waals surface area contributed by atoms with Crippen molar-refractivity contribution in [3.05, 3.63) is 29.3 Å². The summed E-state index contributed by atoms with van der Waals surface area (Å²) >= 11 is 0. The number of amides is 2. The first-order chi connectivity index (χ1) is 12.5. The van der Waals surface area contributed by atoms with Crippen molar-refractivity contribution in [1.82, 2.24) is 10.2 Å². The Morgan fingerprint density at radius 2 is 1.92 bits per heavy atom. The van der Waals surface area contributed by atoms with Gasteiger partial charge in [-0.3, -0.25) is 4.79 Å². The summed E-state index contributed by atoms with van der Waals surface area (Å²) < 4.78 is 15.4. The maximum Gasteiger partial charge on any atom is 0.407 e. The van der Waals surface area contributed by atoms with Gasteiger partial charge in [-0.15, -0.1) is 0 Å². The molecule has 1 spiro atoms. The molecule has 0 radical (unpaired) electrons. The highest BCUT2D eigenvalue weighted by Crippen LogP contribution is 2.30. The third-order valence-corrected chi connectivity index (χ3v) is 4.86. The fourth-order valence-corrected chi connectivity index (χ4v) is 3.41.